The van der Waals surface area contributed by atoms with Crippen LogP contribution in [0.1, 0.15) is 90.0 Å². The van der Waals surface area contributed by atoms with Crippen molar-refractivity contribution in [1.29, 1.82) is 0 Å². The van der Waals surface area contributed by atoms with E-state index in [2.05, 4.69) is 60.2 Å². The Bertz CT molecular complexity index is 3420. The van der Waals surface area contributed by atoms with E-state index in [9.17, 15) is 30.4 Å². The van der Waals surface area contributed by atoms with Crippen LogP contribution in [0.15, 0.2) is 142 Å². The van der Waals surface area contributed by atoms with Gasteiger partial charge < -0.3 is 26.0 Å². The minimum atomic E-state index is -3.71. The van der Waals surface area contributed by atoms with Crippen LogP contribution < -0.4 is 30.3 Å². The second-order valence-corrected chi connectivity index (χ2v) is 24.7. The van der Waals surface area contributed by atoms with Crippen LogP contribution in [-0.4, -0.2) is 78.9 Å². The molecule has 19 nitrogen and oxygen atoms in total. The third-order valence-electron chi connectivity index (χ3n) is 12.5. The number of phenols is 1. The van der Waals surface area contributed by atoms with Gasteiger partial charge in [-0.25, -0.2) is 59.6 Å². The van der Waals surface area contributed by atoms with Gasteiger partial charge in [-0.15, -0.1) is 0 Å². The molecule has 2 saturated carbocycles. The fourth-order valence-electron chi connectivity index (χ4n) is 8.74. The van der Waals surface area contributed by atoms with Crippen molar-refractivity contribution in [2.75, 3.05) is 27.4 Å². The molecule has 10 rings (SSSR count). The second kappa shape index (κ2) is 28.1. The van der Waals surface area contributed by atoms with E-state index in [1.165, 1.54) is 31.2 Å². The SMILES string of the molecule is CC.O=S(=O)(Cl)c1ccc(Nc2nccc(Cl)n2)cc1.O=S(=O)(NC1CCCCC1)c1ccc(Nc2nccc(Cl)n2)cc1.O=S(=O)(NC1CCCCC1)c1ccc(Nc2nccc(N3CCCc4c(O)cccc43)n2)cc1. The molecule has 0 radical (unpaired) electrons. The smallest absolute Gasteiger partial charge is 0.261 e. The van der Waals surface area contributed by atoms with Gasteiger partial charge in [0.2, 0.25) is 37.9 Å². The van der Waals surface area contributed by atoms with Crippen LogP contribution in [0.5, 0.6) is 5.75 Å². The van der Waals surface area contributed by atoms with Crippen molar-refractivity contribution < 1.29 is 30.4 Å². The number of fused-ring (bicyclic) bond motifs is 1. The van der Waals surface area contributed by atoms with E-state index in [1.807, 2.05) is 32.0 Å². The number of anilines is 8. The number of benzene rings is 4. The Morgan fingerprint density at radius 3 is 1.35 bits per heavy atom. The topological polar surface area (TPSA) is 263 Å². The summed E-state index contributed by atoms with van der Waals surface area (Å²) in [6.45, 7) is 4.80. The summed E-state index contributed by atoms with van der Waals surface area (Å²) < 4.78 is 78.1. The Morgan fingerprint density at radius 1 is 0.513 bits per heavy atom. The highest BCUT2D eigenvalue weighted by Gasteiger charge is 2.25. The number of hydrogen-bond acceptors (Lipinski definition) is 17. The van der Waals surface area contributed by atoms with Gasteiger partial charge in [0.15, 0.2) is 0 Å². The van der Waals surface area contributed by atoms with Gasteiger partial charge in [0.05, 0.1) is 14.7 Å². The zero-order valence-electron chi connectivity index (χ0n) is 42.9. The molecule has 4 heterocycles. The quantitative estimate of drug-likeness (QED) is 0.0437. The predicted molar refractivity (Wildman–Crippen MR) is 307 cm³/mol. The van der Waals surface area contributed by atoms with Crippen LogP contribution in [0.25, 0.3) is 0 Å². The van der Waals surface area contributed by atoms with E-state index in [0.717, 1.165) is 87.8 Å². The molecule has 0 spiro atoms. The molecule has 0 bridgehead atoms. The molecule has 4 aromatic carbocycles. The first-order valence-electron chi connectivity index (χ1n) is 25.5. The van der Waals surface area contributed by atoms with Crippen LogP contribution >= 0.6 is 33.9 Å². The highest BCUT2D eigenvalue weighted by molar-refractivity contribution is 8.13. The third-order valence-corrected chi connectivity index (χ3v) is 17.3. The lowest BCUT2D eigenvalue weighted by molar-refractivity contribution is 0.412. The summed E-state index contributed by atoms with van der Waals surface area (Å²) in [7, 11) is -5.53. The Morgan fingerprint density at radius 2 is 0.923 bits per heavy atom. The van der Waals surface area contributed by atoms with E-state index < -0.39 is 29.1 Å². The van der Waals surface area contributed by atoms with Crippen molar-refractivity contribution >= 4 is 109 Å². The first-order chi connectivity index (χ1) is 37.5. The van der Waals surface area contributed by atoms with Crippen molar-refractivity contribution in [3.63, 3.8) is 0 Å². The number of hydrogen-bond donors (Lipinski definition) is 6. The van der Waals surface area contributed by atoms with Crippen LogP contribution in [-0.2, 0) is 35.5 Å². The fourth-order valence-corrected chi connectivity index (χ4v) is 12.4. The summed E-state index contributed by atoms with van der Waals surface area (Å²) in [5.74, 6) is 2.14. The minimum absolute atomic E-state index is 0.0227. The molecule has 7 aromatic rings. The van der Waals surface area contributed by atoms with Crippen molar-refractivity contribution in [1.82, 2.24) is 39.3 Å². The molecular formula is C53H61Cl3N12O7S3. The van der Waals surface area contributed by atoms with Gasteiger partial charge in [-0.3, -0.25) is 0 Å². The largest absolute Gasteiger partial charge is 0.508 e. The molecule has 2 aliphatic carbocycles. The molecule has 414 valence electrons. The summed E-state index contributed by atoms with van der Waals surface area (Å²) in [5, 5.41) is 19.9. The van der Waals surface area contributed by atoms with Crippen molar-refractivity contribution in [3.8, 4) is 5.75 Å². The Balaban J connectivity index is 0.000000176. The lowest BCUT2D eigenvalue weighted by Gasteiger charge is -2.30. The number of halogens is 3. The van der Waals surface area contributed by atoms with Gasteiger partial charge in [0.25, 0.3) is 9.05 Å². The number of sulfonamides is 2. The molecule has 0 saturated heterocycles. The molecule has 3 aliphatic rings. The second-order valence-electron chi connectivity index (χ2n) is 18.0. The number of phenolic OH excluding ortho intramolecular Hbond substituents is 1. The van der Waals surface area contributed by atoms with Gasteiger partial charge in [0, 0.05) is 76.2 Å². The number of aromatic nitrogens is 6. The first-order valence-corrected chi connectivity index (χ1v) is 31.5. The molecule has 3 aromatic heterocycles. The maximum atomic E-state index is 12.7. The maximum absolute atomic E-state index is 12.7. The molecule has 25 heteroatoms. The van der Waals surface area contributed by atoms with Gasteiger partial charge in [-0.1, -0.05) is 81.6 Å². The van der Waals surface area contributed by atoms with Crippen molar-refractivity contribution in [3.05, 3.63) is 144 Å². The lowest BCUT2D eigenvalue weighted by atomic mass is 9.96. The molecule has 78 heavy (non-hydrogen) atoms. The normalized spacial score (nSPS) is 14.9. The molecule has 0 amide bonds. The van der Waals surface area contributed by atoms with Crippen molar-refractivity contribution in [2.24, 2.45) is 0 Å². The van der Waals surface area contributed by atoms with E-state index >= 15 is 0 Å². The molecule has 6 N–H and O–H groups in total. The average Bonchev–Trinajstić information content (AvgIpc) is 3.43. The Kier molecular flexibility index (Phi) is 21.4. The van der Waals surface area contributed by atoms with Gasteiger partial charge >= 0.3 is 0 Å². The zero-order valence-corrected chi connectivity index (χ0v) is 47.6. The molecule has 1 aliphatic heterocycles. The fraction of sp³-hybridized carbons (Fsp3) is 0.321. The number of nitrogens with one attached hydrogen (secondary N) is 5. The molecular weight excluding hydrogens is 1120 g/mol. The zero-order chi connectivity index (χ0) is 55.7. The molecule has 0 unspecified atom stereocenters. The molecule has 2 fully saturated rings. The number of nitrogens with zero attached hydrogens (tertiary/aromatic N) is 7. The number of aromatic hydroxyl groups is 1. The van der Waals surface area contributed by atoms with Crippen LogP contribution in [0.3, 0.4) is 0 Å². The summed E-state index contributed by atoms with van der Waals surface area (Å²) in [6.07, 6.45) is 16.8. The predicted octanol–water partition coefficient (Wildman–Crippen LogP) is 11.9. The van der Waals surface area contributed by atoms with Gasteiger partial charge in [-0.2, -0.15) is 4.98 Å². The van der Waals surface area contributed by atoms with Crippen LogP contribution in [0.2, 0.25) is 10.3 Å². The van der Waals surface area contributed by atoms with Crippen LogP contribution in [0.4, 0.5) is 46.4 Å². The molecule has 0 atom stereocenters. The van der Waals surface area contributed by atoms with E-state index in [0.29, 0.717) is 51.0 Å². The van der Waals surface area contributed by atoms with E-state index in [4.69, 9.17) is 33.9 Å². The highest BCUT2D eigenvalue weighted by Crippen LogP contribution is 2.37. The first kappa shape index (κ1) is 59.4. The Labute approximate surface area is 470 Å². The summed E-state index contributed by atoms with van der Waals surface area (Å²) in [5.41, 5.74) is 3.90. The summed E-state index contributed by atoms with van der Waals surface area (Å²) >= 11 is 11.5. The van der Waals surface area contributed by atoms with Crippen molar-refractivity contribution in [2.45, 2.75) is 118 Å². The summed E-state index contributed by atoms with van der Waals surface area (Å²) in [4.78, 5) is 27.6. The minimum Gasteiger partial charge on any atom is -0.508 e. The number of rotatable bonds is 14. The van der Waals surface area contributed by atoms with E-state index in [1.54, 1.807) is 91.3 Å². The van der Waals surface area contributed by atoms with Crippen LogP contribution in [0, 0.1) is 0 Å². The van der Waals surface area contributed by atoms with Gasteiger partial charge in [-0.05, 0) is 142 Å². The highest BCUT2D eigenvalue weighted by atomic mass is 35.7. The average molecular weight is 1180 g/mol. The van der Waals surface area contributed by atoms with Gasteiger partial charge in [0.1, 0.15) is 21.9 Å². The lowest BCUT2D eigenvalue weighted by Crippen LogP contribution is -2.36. The third kappa shape index (κ3) is 17.4. The maximum Gasteiger partial charge on any atom is 0.261 e. The standard InChI is InChI=1S/C25H29N5O3S.C16H19ClN4O2S.C10H7Cl2N3O2S.C2H6/c31-23-10-4-9-22-21(23)8-5-17-30(22)24-15-16-26-25(28-24)27-18-11-13-20(14-12-18)34(32,33)29-19-6-2-1-3-7-19;17-15-10-11-18-16(20-15)19-12-6-8-14(9-7-12)24(22,23)21-13-4-2-1-3-5-13;11-9-5-6-13-10(15-9)14-7-1-3-8(4-2-7)18(12,16)17;1-2/h4,9-16,19,29,31H,1-3,5-8,17H2,(H,26,27,28);6-11,13,21H,1-5H2,(H,18,19,20);1-6H,(H,13,14,15);1-2H3. The van der Waals surface area contributed by atoms with E-state index in [-0.39, 0.29) is 26.8 Å². The Hall–Kier alpha value is -6.24. The summed E-state index contributed by atoms with van der Waals surface area (Å²) in [6, 6.07) is 29.6. The monoisotopic (exact) mass is 1180 g/mol.